The van der Waals surface area contributed by atoms with E-state index in [0.29, 0.717) is 17.9 Å². The second kappa shape index (κ2) is 9.59. The minimum Gasteiger partial charge on any atom is -0.484 e. The third-order valence-electron chi connectivity index (χ3n) is 4.72. The van der Waals surface area contributed by atoms with E-state index in [9.17, 15) is 4.79 Å². The van der Waals surface area contributed by atoms with E-state index >= 15 is 0 Å². The summed E-state index contributed by atoms with van der Waals surface area (Å²) in [4.78, 5) is 11.9. The molecule has 138 valence electrons. The Morgan fingerprint density at radius 2 is 1.74 bits per heavy atom. The SMILES string of the molecule is N#Cc1ccc(-c2ccc(OCC(=O)NCCC3=CCCCC3)cc2)cc1. The Hall–Kier alpha value is -3.06. The molecule has 2 aromatic rings. The summed E-state index contributed by atoms with van der Waals surface area (Å²) in [5.41, 5.74) is 4.18. The van der Waals surface area contributed by atoms with E-state index in [1.165, 1.54) is 24.8 Å². The van der Waals surface area contributed by atoms with Crippen LogP contribution in [0.15, 0.2) is 60.2 Å². The summed E-state index contributed by atoms with van der Waals surface area (Å²) in [7, 11) is 0. The lowest BCUT2D eigenvalue weighted by Crippen LogP contribution is -2.29. The minimum atomic E-state index is -0.0948. The Kier molecular flexibility index (Phi) is 6.65. The molecule has 1 aliphatic rings. The number of nitrogens with zero attached hydrogens (tertiary/aromatic N) is 1. The maximum absolute atomic E-state index is 11.9. The van der Waals surface area contributed by atoms with Crippen molar-refractivity contribution in [3.63, 3.8) is 0 Å². The van der Waals surface area contributed by atoms with E-state index < -0.39 is 0 Å². The number of allylic oxidation sites excluding steroid dienone is 1. The fourth-order valence-electron chi connectivity index (χ4n) is 3.17. The summed E-state index contributed by atoms with van der Waals surface area (Å²) in [6, 6.07) is 17.2. The molecule has 4 heteroatoms. The number of carbonyl (C=O) groups is 1. The van der Waals surface area contributed by atoms with Gasteiger partial charge in [0.15, 0.2) is 6.61 Å². The van der Waals surface area contributed by atoms with Gasteiger partial charge in [-0.3, -0.25) is 4.79 Å². The molecule has 0 radical (unpaired) electrons. The van der Waals surface area contributed by atoms with E-state index in [1.54, 1.807) is 12.1 Å². The molecule has 0 saturated carbocycles. The first-order chi connectivity index (χ1) is 13.2. The molecule has 1 aliphatic carbocycles. The first kappa shape index (κ1) is 18.7. The summed E-state index contributed by atoms with van der Waals surface area (Å²) < 4.78 is 5.57. The summed E-state index contributed by atoms with van der Waals surface area (Å²) >= 11 is 0. The number of benzene rings is 2. The average Bonchev–Trinajstić information content (AvgIpc) is 2.73. The second-order valence-electron chi connectivity index (χ2n) is 6.71. The van der Waals surface area contributed by atoms with Gasteiger partial charge in [0.2, 0.25) is 0 Å². The zero-order valence-electron chi connectivity index (χ0n) is 15.4. The van der Waals surface area contributed by atoms with Crippen molar-refractivity contribution in [2.45, 2.75) is 32.1 Å². The van der Waals surface area contributed by atoms with E-state index in [4.69, 9.17) is 10.00 Å². The van der Waals surface area contributed by atoms with Crippen LogP contribution in [0.25, 0.3) is 11.1 Å². The average molecular weight is 360 g/mol. The van der Waals surface area contributed by atoms with Crippen molar-refractivity contribution in [1.82, 2.24) is 5.32 Å². The van der Waals surface area contributed by atoms with Crippen molar-refractivity contribution in [2.24, 2.45) is 0 Å². The number of hydrogen-bond donors (Lipinski definition) is 1. The number of carbonyl (C=O) groups excluding carboxylic acids is 1. The highest BCUT2D eigenvalue weighted by Crippen LogP contribution is 2.23. The van der Waals surface area contributed by atoms with Gasteiger partial charge in [-0.25, -0.2) is 0 Å². The fourth-order valence-corrected chi connectivity index (χ4v) is 3.17. The van der Waals surface area contributed by atoms with Gasteiger partial charge < -0.3 is 10.1 Å². The maximum atomic E-state index is 11.9. The number of ether oxygens (including phenoxy) is 1. The Balaban J connectivity index is 1.43. The lowest BCUT2D eigenvalue weighted by Gasteiger charge is -2.13. The van der Waals surface area contributed by atoms with Crippen LogP contribution in [-0.2, 0) is 4.79 Å². The maximum Gasteiger partial charge on any atom is 0.257 e. The van der Waals surface area contributed by atoms with Crippen LogP contribution in [-0.4, -0.2) is 19.1 Å². The lowest BCUT2D eigenvalue weighted by molar-refractivity contribution is -0.123. The number of amides is 1. The zero-order valence-corrected chi connectivity index (χ0v) is 15.4. The Morgan fingerprint density at radius 1 is 1.04 bits per heavy atom. The lowest BCUT2D eigenvalue weighted by atomic mass is 9.97. The molecule has 3 rings (SSSR count). The van der Waals surface area contributed by atoms with Crippen LogP contribution >= 0.6 is 0 Å². The minimum absolute atomic E-state index is 0.0231. The standard InChI is InChI=1S/C23H24N2O2/c24-16-19-6-8-20(9-7-19)21-10-12-22(13-11-21)27-17-23(26)25-15-14-18-4-2-1-3-5-18/h4,6-13H,1-3,5,14-15,17H2,(H,25,26). The van der Waals surface area contributed by atoms with Crippen LogP contribution in [0, 0.1) is 11.3 Å². The van der Waals surface area contributed by atoms with Crippen molar-refractivity contribution >= 4 is 5.91 Å². The number of nitriles is 1. The highest BCUT2D eigenvalue weighted by molar-refractivity contribution is 5.77. The van der Waals surface area contributed by atoms with Crippen molar-refractivity contribution in [1.29, 1.82) is 5.26 Å². The summed E-state index contributed by atoms with van der Waals surface area (Å²) in [6.07, 6.45) is 8.13. The van der Waals surface area contributed by atoms with Crippen molar-refractivity contribution in [2.75, 3.05) is 13.2 Å². The molecule has 0 fully saturated rings. The van der Waals surface area contributed by atoms with Gasteiger partial charge in [-0.15, -0.1) is 0 Å². The van der Waals surface area contributed by atoms with Gasteiger partial charge in [0.05, 0.1) is 11.6 Å². The molecule has 0 saturated heterocycles. The van der Waals surface area contributed by atoms with Gasteiger partial charge in [-0.1, -0.05) is 35.9 Å². The number of nitrogens with one attached hydrogen (secondary N) is 1. The molecule has 0 unspecified atom stereocenters. The van der Waals surface area contributed by atoms with Crippen molar-refractivity contribution < 1.29 is 9.53 Å². The molecular formula is C23H24N2O2. The van der Waals surface area contributed by atoms with E-state index in [-0.39, 0.29) is 12.5 Å². The molecule has 1 N–H and O–H groups in total. The highest BCUT2D eigenvalue weighted by Gasteiger charge is 2.06. The topological polar surface area (TPSA) is 62.1 Å². The molecule has 0 aliphatic heterocycles. The van der Waals surface area contributed by atoms with Crippen LogP contribution in [0.4, 0.5) is 0 Å². The van der Waals surface area contributed by atoms with Gasteiger partial charge in [-0.2, -0.15) is 5.26 Å². The van der Waals surface area contributed by atoms with Crippen LogP contribution in [0.3, 0.4) is 0 Å². The molecule has 2 aromatic carbocycles. The van der Waals surface area contributed by atoms with Gasteiger partial charge in [0, 0.05) is 6.54 Å². The summed E-state index contributed by atoms with van der Waals surface area (Å²) in [6.45, 7) is 0.695. The van der Waals surface area contributed by atoms with Crippen LogP contribution in [0.2, 0.25) is 0 Å². The summed E-state index contributed by atoms with van der Waals surface area (Å²) in [5, 5.41) is 11.8. The molecule has 0 heterocycles. The Labute approximate surface area is 160 Å². The molecule has 1 amide bonds. The first-order valence-corrected chi connectivity index (χ1v) is 9.42. The molecule has 27 heavy (non-hydrogen) atoms. The molecule has 0 atom stereocenters. The second-order valence-corrected chi connectivity index (χ2v) is 6.71. The molecule has 0 aromatic heterocycles. The van der Waals surface area contributed by atoms with Crippen LogP contribution in [0.1, 0.15) is 37.7 Å². The molecule has 0 bridgehead atoms. The van der Waals surface area contributed by atoms with Gasteiger partial charge in [0.1, 0.15) is 5.75 Å². The number of rotatable bonds is 7. The largest absolute Gasteiger partial charge is 0.484 e. The third-order valence-corrected chi connectivity index (χ3v) is 4.72. The quantitative estimate of drug-likeness (QED) is 0.733. The zero-order chi connectivity index (χ0) is 18.9. The Bertz CT molecular complexity index is 830. The van der Waals surface area contributed by atoms with Crippen molar-refractivity contribution in [3.05, 3.63) is 65.7 Å². The van der Waals surface area contributed by atoms with Crippen molar-refractivity contribution in [3.8, 4) is 22.9 Å². The highest BCUT2D eigenvalue weighted by atomic mass is 16.5. The van der Waals surface area contributed by atoms with E-state index in [0.717, 1.165) is 24.0 Å². The van der Waals surface area contributed by atoms with E-state index in [1.807, 2.05) is 36.4 Å². The predicted molar refractivity (Wildman–Crippen MR) is 106 cm³/mol. The van der Waals surface area contributed by atoms with Gasteiger partial charge in [-0.05, 0) is 67.5 Å². The first-order valence-electron chi connectivity index (χ1n) is 9.42. The third kappa shape index (κ3) is 5.72. The smallest absolute Gasteiger partial charge is 0.257 e. The predicted octanol–water partition coefficient (Wildman–Crippen LogP) is 4.61. The van der Waals surface area contributed by atoms with Crippen LogP contribution in [0.5, 0.6) is 5.75 Å². The van der Waals surface area contributed by atoms with Gasteiger partial charge in [0.25, 0.3) is 5.91 Å². The molecule has 4 nitrogen and oxygen atoms in total. The monoisotopic (exact) mass is 360 g/mol. The summed E-state index contributed by atoms with van der Waals surface area (Å²) in [5.74, 6) is 0.570. The normalized spacial score (nSPS) is 13.4. The van der Waals surface area contributed by atoms with Crippen LogP contribution < -0.4 is 10.1 Å². The van der Waals surface area contributed by atoms with E-state index in [2.05, 4.69) is 17.5 Å². The fraction of sp³-hybridized carbons (Fsp3) is 0.304. The Morgan fingerprint density at radius 3 is 2.37 bits per heavy atom. The number of hydrogen-bond acceptors (Lipinski definition) is 3. The molecular weight excluding hydrogens is 336 g/mol. The molecule has 0 spiro atoms. The van der Waals surface area contributed by atoms with Gasteiger partial charge >= 0.3 is 0 Å².